The van der Waals surface area contributed by atoms with Gasteiger partial charge in [0.05, 0.1) is 16.1 Å². The highest BCUT2D eigenvalue weighted by Gasteiger charge is 2.07. The summed E-state index contributed by atoms with van der Waals surface area (Å²) < 4.78 is 0. The Morgan fingerprint density at radius 3 is 3.08 bits per heavy atom. The summed E-state index contributed by atoms with van der Waals surface area (Å²) in [6.45, 7) is 1.75. The van der Waals surface area contributed by atoms with Crippen molar-refractivity contribution >= 4 is 17.4 Å². The van der Waals surface area contributed by atoms with Gasteiger partial charge in [0.25, 0.3) is 0 Å². The maximum absolute atomic E-state index is 10.4. The Morgan fingerprint density at radius 2 is 2.67 bits per heavy atom. The van der Waals surface area contributed by atoms with Crippen molar-refractivity contribution in [3.63, 3.8) is 0 Å². The molecule has 0 aliphatic rings. The Bertz CT molecular complexity index is 292. The minimum atomic E-state index is -0.376. The molecular weight excluding hydrogens is 176 g/mol. The van der Waals surface area contributed by atoms with E-state index in [2.05, 4.69) is 4.98 Å². The molecule has 12 heavy (non-hydrogen) atoms. The van der Waals surface area contributed by atoms with Gasteiger partial charge in [0.15, 0.2) is 0 Å². The highest BCUT2D eigenvalue weighted by molar-refractivity contribution is 7.07. The molecule has 0 aliphatic heterocycles. The van der Waals surface area contributed by atoms with E-state index in [4.69, 9.17) is 0 Å². The van der Waals surface area contributed by atoms with E-state index in [0.29, 0.717) is 12.1 Å². The molecule has 0 aliphatic carbocycles. The molecule has 0 radical (unpaired) electrons. The Hall–Kier alpha value is -1.23. The number of nitro groups is 1. The number of thiazole rings is 1. The molecule has 0 spiro atoms. The highest BCUT2D eigenvalue weighted by Crippen LogP contribution is 2.09. The fourth-order valence-corrected chi connectivity index (χ4v) is 1.26. The van der Waals surface area contributed by atoms with Gasteiger partial charge in [-0.1, -0.05) is 6.92 Å². The molecular formula is C7H8N2O2S. The molecule has 1 heterocycles. The molecule has 0 N–H and O–H groups in total. The first-order valence-corrected chi connectivity index (χ1v) is 4.41. The number of aromatic nitrogens is 1. The quantitative estimate of drug-likeness (QED) is 0.534. The zero-order chi connectivity index (χ0) is 8.97. The van der Waals surface area contributed by atoms with Gasteiger partial charge in [-0.2, -0.15) is 0 Å². The molecule has 4 nitrogen and oxygen atoms in total. The van der Waals surface area contributed by atoms with Crippen LogP contribution in [0.1, 0.15) is 19.0 Å². The van der Waals surface area contributed by atoms with Crippen LogP contribution in [0.15, 0.2) is 16.6 Å². The molecule has 0 amide bonds. The molecule has 0 atom stereocenters. The van der Waals surface area contributed by atoms with Crippen molar-refractivity contribution < 1.29 is 4.92 Å². The molecule has 0 unspecified atom stereocenters. The Morgan fingerprint density at radius 1 is 1.92 bits per heavy atom. The van der Waals surface area contributed by atoms with Crippen LogP contribution in [0.4, 0.5) is 0 Å². The highest BCUT2D eigenvalue weighted by atomic mass is 32.1. The van der Waals surface area contributed by atoms with Gasteiger partial charge in [0.2, 0.25) is 5.70 Å². The SMILES string of the molecule is CCC(=Cc1cscn1)[N+](=O)[O-]. The van der Waals surface area contributed by atoms with Gasteiger partial charge >= 0.3 is 0 Å². The van der Waals surface area contributed by atoms with Crippen molar-refractivity contribution in [1.82, 2.24) is 4.98 Å². The van der Waals surface area contributed by atoms with Crippen molar-refractivity contribution in [2.45, 2.75) is 13.3 Å². The van der Waals surface area contributed by atoms with Gasteiger partial charge in [-0.05, 0) is 0 Å². The lowest BCUT2D eigenvalue weighted by molar-refractivity contribution is -0.425. The second kappa shape index (κ2) is 3.96. The topological polar surface area (TPSA) is 56.0 Å². The van der Waals surface area contributed by atoms with Crippen LogP contribution >= 0.6 is 11.3 Å². The van der Waals surface area contributed by atoms with Gasteiger partial charge in [-0.3, -0.25) is 10.1 Å². The number of allylic oxidation sites excluding steroid dienone is 1. The third-order valence-electron chi connectivity index (χ3n) is 1.36. The van der Waals surface area contributed by atoms with E-state index in [1.807, 2.05) is 0 Å². The lowest BCUT2D eigenvalue weighted by atomic mass is 10.3. The summed E-state index contributed by atoms with van der Waals surface area (Å²) in [5, 5.41) is 12.1. The largest absolute Gasteiger partial charge is 0.259 e. The van der Waals surface area contributed by atoms with Crippen molar-refractivity contribution in [2.75, 3.05) is 0 Å². The second-order valence-electron chi connectivity index (χ2n) is 2.16. The molecule has 1 aromatic heterocycles. The molecule has 0 fully saturated rings. The molecule has 0 aromatic carbocycles. The van der Waals surface area contributed by atoms with Crippen molar-refractivity contribution in [3.8, 4) is 0 Å². The van der Waals surface area contributed by atoms with Crippen LogP contribution in [0.3, 0.4) is 0 Å². The number of hydrogen-bond donors (Lipinski definition) is 0. The number of hydrogen-bond acceptors (Lipinski definition) is 4. The zero-order valence-electron chi connectivity index (χ0n) is 6.56. The van der Waals surface area contributed by atoms with E-state index >= 15 is 0 Å². The standard InChI is InChI=1S/C7H8N2O2S/c1-2-7(9(10)11)3-6-4-12-5-8-6/h3-5H,2H2,1H3. The minimum absolute atomic E-state index is 0.195. The molecule has 0 saturated carbocycles. The van der Waals surface area contributed by atoms with Crippen LogP contribution in [0.25, 0.3) is 6.08 Å². The molecule has 64 valence electrons. The lowest BCUT2D eigenvalue weighted by Crippen LogP contribution is -1.96. The Labute approximate surface area is 73.7 Å². The summed E-state index contributed by atoms with van der Waals surface area (Å²) in [5.74, 6) is 0. The minimum Gasteiger partial charge on any atom is -0.259 e. The summed E-state index contributed by atoms with van der Waals surface area (Å²) in [7, 11) is 0. The molecule has 1 rings (SSSR count). The maximum Gasteiger partial charge on any atom is 0.248 e. The predicted octanol–water partition coefficient (Wildman–Crippen LogP) is 2.17. The van der Waals surface area contributed by atoms with Crippen molar-refractivity contribution in [2.24, 2.45) is 0 Å². The monoisotopic (exact) mass is 184 g/mol. The van der Waals surface area contributed by atoms with Crippen LogP contribution in [-0.4, -0.2) is 9.91 Å². The van der Waals surface area contributed by atoms with Gasteiger partial charge in [0.1, 0.15) is 0 Å². The maximum atomic E-state index is 10.4. The van der Waals surface area contributed by atoms with Gasteiger partial charge in [0, 0.05) is 17.9 Å². The van der Waals surface area contributed by atoms with Crippen LogP contribution < -0.4 is 0 Å². The first-order valence-electron chi connectivity index (χ1n) is 3.47. The second-order valence-corrected chi connectivity index (χ2v) is 2.88. The molecule has 1 aromatic rings. The Kier molecular flexibility index (Phi) is 2.93. The summed E-state index contributed by atoms with van der Waals surface area (Å²) >= 11 is 1.43. The third-order valence-corrected chi connectivity index (χ3v) is 1.97. The van der Waals surface area contributed by atoms with Crippen LogP contribution in [0.2, 0.25) is 0 Å². The first kappa shape index (κ1) is 8.86. The van der Waals surface area contributed by atoms with E-state index < -0.39 is 0 Å². The average molecular weight is 184 g/mol. The van der Waals surface area contributed by atoms with E-state index in [-0.39, 0.29) is 10.6 Å². The third kappa shape index (κ3) is 2.13. The van der Waals surface area contributed by atoms with Gasteiger partial charge in [-0.15, -0.1) is 11.3 Å². The van der Waals surface area contributed by atoms with E-state index in [9.17, 15) is 10.1 Å². The normalized spacial score (nSPS) is 11.6. The van der Waals surface area contributed by atoms with Crippen molar-refractivity contribution in [1.29, 1.82) is 0 Å². The van der Waals surface area contributed by atoms with Crippen LogP contribution in [0, 0.1) is 10.1 Å². The predicted molar refractivity (Wildman–Crippen MR) is 47.4 cm³/mol. The fourth-order valence-electron chi connectivity index (χ4n) is 0.748. The molecule has 5 heteroatoms. The van der Waals surface area contributed by atoms with Gasteiger partial charge < -0.3 is 0 Å². The van der Waals surface area contributed by atoms with Crippen LogP contribution in [0.5, 0.6) is 0 Å². The summed E-state index contributed by atoms with van der Waals surface area (Å²) in [6, 6.07) is 0. The van der Waals surface area contributed by atoms with Crippen LogP contribution in [-0.2, 0) is 0 Å². The Balaban J connectivity index is 2.85. The summed E-state index contributed by atoms with van der Waals surface area (Å²) in [6.07, 6.45) is 1.92. The smallest absolute Gasteiger partial charge is 0.248 e. The zero-order valence-corrected chi connectivity index (χ0v) is 7.37. The van der Waals surface area contributed by atoms with Crippen molar-refractivity contribution in [3.05, 3.63) is 32.4 Å². The molecule has 0 bridgehead atoms. The number of rotatable bonds is 3. The van der Waals surface area contributed by atoms with E-state index in [0.717, 1.165) is 0 Å². The summed E-state index contributed by atoms with van der Waals surface area (Å²) in [4.78, 5) is 13.9. The lowest BCUT2D eigenvalue weighted by Gasteiger charge is -1.90. The molecule has 0 saturated heterocycles. The van der Waals surface area contributed by atoms with Gasteiger partial charge in [-0.25, -0.2) is 4.98 Å². The van der Waals surface area contributed by atoms with E-state index in [1.54, 1.807) is 17.8 Å². The fraction of sp³-hybridized carbons (Fsp3) is 0.286. The number of nitrogens with zero attached hydrogens (tertiary/aromatic N) is 2. The average Bonchev–Trinajstić information content (AvgIpc) is 2.51. The van der Waals surface area contributed by atoms with E-state index in [1.165, 1.54) is 17.4 Å². The summed E-state index contributed by atoms with van der Waals surface area (Å²) in [5.41, 5.74) is 2.51. The first-order chi connectivity index (χ1) is 5.74.